The van der Waals surface area contributed by atoms with Crippen molar-refractivity contribution < 1.29 is 0 Å². The van der Waals surface area contributed by atoms with Crippen LogP contribution < -0.4 is 11.1 Å². The summed E-state index contributed by atoms with van der Waals surface area (Å²) in [5.41, 5.74) is 9.40. The number of aromatic nitrogens is 2. The van der Waals surface area contributed by atoms with Crippen molar-refractivity contribution in [3.8, 4) is 0 Å². The fourth-order valence-electron chi connectivity index (χ4n) is 1.85. The highest BCUT2D eigenvalue weighted by atomic mass is 15.3. The molecule has 0 aliphatic carbocycles. The van der Waals surface area contributed by atoms with Crippen LogP contribution in [0, 0.1) is 0 Å². The first kappa shape index (κ1) is 8.72. The van der Waals surface area contributed by atoms with E-state index >= 15 is 0 Å². The minimum absolute atomic E-state index is 0.407. The van der Waals surface area contributed by atoms with Crippen LogP contribution in [0.1, 0.15) is 36.8 Å². The Kier molecular flexibility index (Phi) is 2.09. The first-order chi connectivity index (χ1) is 6.24. The lowest BCUT2D eigenvalue weighted by Gasteiger charge is -2.10. The average Bonchev–Trinajstić information content (AvgIpc) is 2.60. The highest BCUT2D eigenvalue weighted by Crippen LogP contribution is 2.21. The van der Waals surface area contributed by atoms with E-state index in [-0.39, 0.29) is 0 Å². The molecule has 0 fully saturated rings. The predicted molar refractivity (Wildman–Crippen MR) is 51.0 cm³/mol. The summed E-state index contributed by atoms with van der Waals surface area (Å²) in [5.74, 6) is 0. The molecule has 0 saturated carbocycles. The van der Waals surface area contributed by atoms with E-state index in [0.29, 0.717) is 12.6 Å². The normalized spacial score (nSPS) is 15.4. The highest BCUT2D eigenvalue weighted by molar-refractivity contribution is 5.29. The van der Waals surface area contributed by atoms with E-state index in [2.05, 4.69) is 24.3 Å². The maximum Gasteiger partial charge on any atom is 0.0811 e. The number of nitrogens with zero attached hydrogens (tertiary/aromatic N) is 2. The number of fused-ring (bicyclic) bond motifs is 1. The van der Waals surface area contributed by atoms with Crippen molar-refractivity contribution in [3.05, 3.63) is 17.0 Å². The van der Waals surface area contributed by atoms with E-state index < -0.39 is 0 Å². The summed E-state index contributed by atoms with van der Waals surface area (Å²) < 4.78 is 2.05. The molecule has 0 bridgehead atoms. The Hall–Kier alpha value is -0.870. The van der Waals surface area contributed by atoms with Crippen LogP contribution in [0.3, 0.4) is 0 Å². The third kappa shape index (κ3) is 1.26. The average molecular weight is 180 g/mol. The maximum absolute atomic E-state index is 5.72. The SMILES string of the molecule is CC(C)n1nc2c(c1CN)CNC2. The van der Waals surface area contributed by atoms with Gasteiger partial charge in [0, 0.05) is 31.2 Å². The van der Waals surface area contributed by atoms with E-state index in [9.17, 15) is 0 Å². The molecule has 0 aromatic carbocycles. The molecule has 1 aliphatic heterocycles. The Morgan fingerprint density at radius 2 is 2.31 bits per heavy atom. The highest BCUT2D eigenvalue weighted by Gasteiger charge is 2.21. The molecule has 4 nitrogen and oxygen atoms in total. The maximum atomic E-state index is 5.72. The fraction of sp³-hybridized carbons (Fsp3) is 0.667. The van der Waals surface area contributed by atoms with Gasteiger partial charge in [0.25, 0.3) is 0 Å². The van der Waals surface area contributed by atoms with Crippen LogP contribution in [0.2, 0.25) is 0 Å². The van der Waals surface area contributed by atoms with E-state index in [1.54, 1.807) is 0 Å². The second kappa shape index (κ2) is 3.12. The van der Waals surface area contributed by atoms with Crippen molar-refractivity contribution in [1.82, 2.24) is 15.1 Å². The summed E-state index contributed by atoms with van der Waals surface area (Å²) in [6.07, 6.45) is 0. The lowest BCUT2D eigenvalue weighted by Crippen LogP contribution is -2.15. The summed E-state index contributed by atoms with van der Waals surface area (Å²) in [6.45, 7) is 6.67. The van der Waals surface area contributed by atoms with Gasteiger partial charge in [-0.2, -0.15) is 5.10 Å². The molecular formula is C9H16N4. The zero-order valence-electron chi connectivity index (χ0n) is 8.17. The van der Waals surface area contributed by atoms with E-state index in [4.69, 9.17) is 5.73 Å². The topological polar surface area (TPSA) is 55.9 Å². The molecule has 0 atom stereocenters. The van der Waals surface area contributed by atoms with Crippen LogP contribution in [0.15, 0.2) is 0 Å². The van der Waals surface area contributed by atoms with Crippen LogP contribution in [-0.4, -0.2) is 9.78 Å². The van der Waals surface area contributed by atoms with Gasteiger partial charge in [-0.05, 0) is 13.8 Å². The van der Waals surface area contributed by atoms with Crippen LogP contribution in [0.25, 0.3) is 0 Å². The van der Waals surface area contributed by atoms with Gasteiger partial charge in [0.05, 0.1) is 11.4 Å². The molecule has 2 heterocycles. The molecule has 72 valence electrons. The van der Waals surface area contributed by atoms with Gasteiger partial charge in [0.15, 0.2) is 0 Å². The number of hydrogen-bond acceptors (Lipinski definition) is 3. The lowest BCUT2D eigenvalue weighted by atomic mass is 10.2. The molecule has 0 amide bonds. The number of hydrogen-bond donors (Lipinski definition) is 2. The van der Waals surface area contributed by atoms with E-state index in [0.717, 1.165) is 13.1 Å². The molecule has 1 aromatic heterocycles. The molecule has 2 rings (SSSR count). The molecular weight excluding hydrogens is 164 g/mol. The Balaban J connectivity index is 2.47. The Bertz CT molecular complexity index is 314. The monoisotopic (exact) mass is 180 g/mol. The molecule has 3 N–H and O–H groups in total. The van der Waals surface area contributed by atoms with Gasteiger partial charge < -0.3 is 11.1 Å². The molecule has 4 heteroatoms. The van der Waals surface area contributed by atoms with Gasteiger partial charge in [-0.25, -0.2) is 0 Å². The van der Waals surface area contributed by atoms with Crippen molar-refractivity contribution in [2.24, 2.45) is 5.73 Å². The predicted octanol–water partition coefficient (Wildman–Crippen LogP) is 0.526. The molecule has 0 radical (unpaired) electrons. The molecule has 13 heavy (non-hydrogen) atoms. The summed E-state index contributed by atoms with van der Waals surface area (Å²) in [7, 11) is 0. The Labute approximate surface area is 78.1 Å². The molecule has 0 unspecified atom stereocenters. The minimum atomic E-state index is 0.407. The van der Waals surface area contributed by atoms with Gasteiger partial charge in [-0.15, -0.1) is 0 Å². The zero-order valence-corrected chi connectivity index (χ0v) is 8.17. The number of nitrogens with one attached hydrogen (secondary N) is 1. The van der Waals surface area contributed by atoms with Crippen molar-refractivity contribution in [2.45, 2.75) is 39.5 Å². The standard InChI is InChI=1S/C9H16N4/c1-6(2)13-9(3-10)7-4-11-5-8(7)12-13/h6,11H,3-5,10H2,1-2H3. The molecule has 1 aromatic rings. The lowest BCUT2D eigenvalue weighted by molar-refractivity contribution is 0.497. The second-order valence-electron chi connectivity index (χ2n) is 3.72. The molecule has 1 aliphatic rings. The van der Waals surface area contributed by atoms with Crippen LogP contribution in [0.4, 0.5) is 0 Å². The third-order valence-electron chi connectivity index (χ3n) is 2.48. The van der Waals surface area contributed by atoms with Crippen molar-refractivity contribution >= 4 is 0 Å². The summed E-state index contributed by atoms with van der Waals surface area (Å²) >= 11 is 0. The Morgan fingerprint density at radius 3 is 2.92 bits per heavy atom. The molecule has 0 saturated heterocycles. The molecule has 0 spiro atoms. The van der Waals surface area contributed by atoms with Gasteiger partial charge in [0.1, 0.15) is 0 Å². The second-order valence-corrected chi connectivity index (χ2v) is 3.72. The minimum Gasteiger partial charge on any atom is -0.325 e. The van der Waals surface area contributed by atoms with Crippen molar-refractivity contribution in [1.29, 1.82) is 0 Å². The largest absolute Gasteiger partial charge is 0.325 e. The summed E-state index contributed by atoms with van der Waals surface area (Å²) in [5, 5.41) is 7.81. The summed E-state index contributed by atoms with van der Waals surface area (Å²) in [4.78, 5) is 0. The van der Waals surface area contributed by atoms with Gasteiger partial charge in [0.2, 0.25) is 0 Å². The smallest absolute Gasteiger partial charge is 0.0811 e. The first-order valence-corrected chi connectivity index (χ1v) is 4.74. The summed E-state index contributed by atoms with van der Waals surface area (Å²) in [6, 6.07) is 0.407. The van der Waals surface area contributed by atoms with Crippen LogP contribution in [-0.2, 0) is 19.6 Å². The third-order valence-corrected chi connectivity index (χ3v) is 2.48. The van der Waals surface area contributed by atoms with E-state index in [1.165, 1.54) is 17.0 Å². The van der Waals surface area contributed by atoms with Crippen molar-refractivity contribution in [2.75, 3.05) is 0 Å². The first-order valence-electron chi connectivity index (χ1n) is 4.74. The van der Waals surface area contributed by atoms with E-state index in [1.807, 2.05) is 4.68 Å². The number of nitrogens with two attached hydrogens (primary N) is 1. The number of rotatable bonds is 2. The van der Waals surface area contributed by atoms with Gasteiger partial charge in [-0.1, -0.05) is 0 Å². The van der Waals surface area contributed by atoms with Crippen LogP contribution >= 0.6 is 0 Å². The van der Waals surface area contributed by atoms with Gasteiger partial charge >= 0.3 is 0 Å². The Morgan fingerprint density at radius 1 is 1.54 bits per heavy atom. The fourth-order valence-corrected chi connectivity index (χ4v) is 1.85. The van der Waals surface area contributed by atoms with Crippen LogP contribution in [0.5, 0.6) is 0 Å². The van der Waals surface area contributed by atoms with Crippen molar-refractivity contribution in [3.63, 3.8) is 0 Å². The quantitative estimate of drug-likeness (QED) is 0.698. The van der Waals surface area contributed by atoms with Gasteiger partial charge in [-0.3, -0.25) is 4.68 Å². The zero-order chi connectivity index (χ0) is 9.42.